The molecule has 2 nitrogen and oxygen atoms in total. The van der Waals surface area contributed by atoms with Gasteiger partial charge in [-0.2, -0.15) is 13.2 Å². The van der Waals surface area contributed by atoms with Gasteiger partial charge in [-0.25, -0.2) is 4.39 Å². The van der Waals surface area contributed by atoms with Crippen LogP contribution in [0.5, 0.6) is 5.75 Å². The van der Waals surface area contributed by atoms with Crippen LogP contribution >= 0.6 is 12.2 Å². The van der Waals surface area contributed by atoms with Crippen LogP contribution in [-0.4, -0.2) is 17.8 Å². The van der Waals surface area contributed by atoms with Crippen LogP contribution in [0.3, 0.4) is 0 Å². The Morgan fingerprint density at radius 2 is 2.06 bits per heavy atom. The molecule has 18 heavy (non-hydrogen) atoms. The standard InChI is InChI=1S/C11H11F4NOS/c1-6-2-3-8(12)9(4-6)17-5-7(10(16)18)11(13,14)15/h2-4,7H,5H2,1H3,(H2,16,18). The number of rotatable bonds is 4. The first-order valence-corrected chi connectivity index (χ1v) is 5.37. The van der Waals surface area contributed by atoms with Gasteiger partial charge in [-0.15, -0.1) is 0 Å². The molecule has 1 aromatic carbocycles. The molecule has 1 rings (SSSR count). The zero-order valence-electron chi connectivity index (χ0n) is 9.42. The summed E-state index contributed by atoms with van der Waals surface area (Å²) in [6, 6.07) is 3.91. The summed E-state index contributed by atoms with van der Waals surface area (Å²) >= 11 is 4.32. The van der Waals surface area contributed by atoms with E-state index in [1.165, 1.54) is 12.1 Å². The van der Waals surface area contributed by atoms with Crippen LogP contribution in [0.4, 0.5) is 17.6 Å². The third-order valence-electron chi connectivity index (χ3n) is 2.23. The highest BCUT2D eigenvalue weighted by molar-refractivity contribution is 7.80. The molecule has 100 valence electrons. The van der Waals surface area contributed by atoms with Crippen molar-refractivity contribution >= 4 is 17.2 Å². The lowest BCUT2D eigenvalue weighted by Gasteiger charge is -2.19. The highest BCUT2D eigenvalue weighted by atomic mass is 32.1. The summed E-state index contributed by atoms with van der Waals surface area (Å²) in [7, 11) is 0. The molecule has 0 spiro atoms. The van der Waals surface area contributed by atoms with Crippen molar-refractivity contribution in [3.05, 3.63) is 29.6 Å². The molecule has 0 aliphatic carbocycles. The van der Waals surface area contributed by atoms with Crippen molar-refractivity contribution in [3.8, 4) is 5.75 Å². The summed E-state index contributed by atoms with van der Waals surface area (Å²) in [6.45, 7) is 0.834. The van der Waals surface area contributed by atoms with E-state index >= 15 is 0 Å². The monoisotopic (exact) mass is 281 g/mol. The molecule has 1 atom stereocenters. The van der Waals surface area contributed by atoms with Crippen LogP contribution in [-0.2, 0) is 0 Å². The van der Waals surface area contributed by atoms with Gasteiger partial charge in [0.1, 0.15) is 12.5 Å². The van der Waals surface area contributed by atoms with E-state index in [9.17, 15) is 17.6 Å². The van der Waals surface area contributed by atoms with Crippen molar-refractivity contribution in [2.75, 3.05) is 6.61 Å². The molecule has 0 saturated heterocycles. The van der Waals surface area contributed by atoms with Crippen molar-refractivity contribution in [3.63, 3.8) is 0 Å². The van der Waals surface area contributed by atoms with E-state index in [1.807, 2.05) is 0 Å². The van der Waals surface area contributed by atoms with Crippen molar-refractivity contribution in [1.29, 1.82) is 0 Å². The molecule has 0 aliphatic heterocycles. The minimum absolute atomic E-state index is 0.250. The van der Waals surface area contributed by atoms with Gasteiger partial charge < -0.3 is 10.5 Å². The number of nitrogens with two attached hydrogens (primary N) is 1. The maximum absolute atomic E-state index is 13.2. The maximum Gasteiger partial charge on any atom is 0.401 e. The summed E-state index contributed by atoms with van der Waals surface area (Å²) < 4.78 is 55.6. The molecule has 0 aliphatic rings. The van der Waals surface area contributed by atoms with E-state index < -0.39 is 29.5 Å². The molecule has 0 saturated carbocycles. The van der Waals surface area contributed by atoms with Crippen LogP contribution in [0, 0.1) is 18.7 Å². The summed E-state index contributed by atoms with van der Waals surface area (Å²) in [5, 5.41) is 0. The van der Waals surface area contributed by atoms with Crippen LogP contribution in [0.25, 0.3) is 0 Å². The second kappa shape index (κ2) is 5.51. The predicted molar refractivity (Wildman–Crippen MR) is 63.0 cm³/mol. The summed E-state index contributed by atoms with van der Waals surface area (Å²) in [6.07, 6.45) is -4.61. The molecule has 2 N–H and O–H groups in total. The lowest BCUT2D eigenvalue weighted by molar-refractivity contribution is -0.161. The molecule has 7 heteroatoms. The lowest BCUT2D eigenvalue weighted by Crippen LogP contribution is -2.38. The quantitative estimate of drug-likeness (QED) is 0.680. The van der Waals surface area contributed by atoms with Gasteiger partial charge in [0.2, 0.25) is 0 Å². The first kappa shape index (κ1) is 14.7. The Morgan fingerprint density at radius 1 is 1.44 bits per heavy atom. The minimum Gasteiger partial charge on any atom is -0.489 e. The lowest BCUT2D eigenvalue weighted by atomic mass is 10.1. The molecule has 1 unspecified atom stereocenters. The second-order valence-corrected chi connectivity index (χ2v) is 4.21. The molecular formula is C11H11F4NOS. The molecule has 0 bridgehead atoms. The van der Waals surface area contributed by atoms with Crippen molar-refractivity contribution in [1.82, 2.24) is 0 Å². The summed E-state index contributed by atoms with van der Waals surface area (Å²) in [5.41, 5.74) is 5.66. The zero-order valence-corrected chi connectivity index (χ0v) is 10.2. The number of halogens is 4. The predicted octanol–water partition coefficient (Wildman–Crippen LogP) is 2.98. The van der Waals surface area contributed by atoms with Gasteiger partial charge in [-0.1, -0.05) is 18.3 Å². The molecular weight excluding hydrogens is 270 g/mol. The largest absolute Gasteiger partial charge is 0.489 e. The normalized spacial score (nSPS) is 13.2. The molecule has 0 heterocycles. The Bertz CT molecular complexity index is 447. The van der Waals surface area contributed by atoms with Gasteiger partial charge >= 0.3 is 6.18 Å². The van der Waals surface area contributed by atoms with Crippen molar-refractivity contribution < 1.29 is 22.3 Å². The molecule has 1 aromatic rings. The van der Waals surface area contributed by atoms with Crippen LogP contribution in [0.1, 0.15) is 5.56 Å². The van der Waals surface area contributed by atoms with E-state index in [1.54, 1.807) is 6.92 Å². The fraction of sp³-hybridized carbons (Fsp3) is 0.364. The van der Waals surface area contributed by atoms with E-state index in [0.29, 0.717) is 5.56 Å². The second-order valence-electron chi connectivity index (χ2n) is 3.74. The van der Waals surface area contributed by atoms with E-state index in [4.69, 9.17) is 10.5 Å². The Morgan fingerprint density at radius 3 is 2.56 bits per heavy atom. The minimum atomic E-state index is -4.61. The third kappa shape index (κ3) is 3.83. The molecule has 0 aromatic heterocycles. The molecule has 0 fully saturated rings. The van der Waals surface area contributed by atoms with E-state index in [-0.39, 0.29) is 5.75 Å². The third-order valence-corrected chi connectivity index (χ3v) is 2.52. The van der Waals surface area contributed by atoms with Crippen molar-refractivity contribution in [2.45, 2.75) is 13.1 Å². The Hall–Kier alpha value is -1.37. The molecule has 0 radical (unpaired) electrons. The highest BCUT2D eigenvalue weighted by Crippen LogP contribution is 2.28. The van der Waals surface area contributed by atoms with Crippen molar-refractivity contribution in [2.24, 2.45) is 11.7 Å². The van der Waals surface area contributed by atoms with Gasteiger partial charge in [-0.3, -0.25) is 0 Å². The zero-order chi connectivity index (χ0) is 13.9. The number of benzene rings is 1. The Balaban J connectivity index is 2.79. The van der Waals surface area contributed by atoms with Crippen LogP contribution in [0.15, 0.2) is 18.2 Å². The van der Waals surface area contributed by atoms with Gasteiger partial charge in [0.15, 0.2) is 11.6 Å². The van der Waals surface area contributed by atoms with Gasteiger partial charge in [0, 0.05) is 0 Å². The number of hydrogen-bond donors (Lipinski definition) is 1. The SMILES string of the molecule is Cc1ccc(F)c(OCC(C(N)=S)C(F)(F)F)c1. The Labute approximate surface area is 107 Å². The fourth-order valence-electron chi connectivity index (χ4n) is 1.23. The maximum atomic E-state index is 13.2. The van der Waals surface area contributed by atoms with E-state index in [0.717, 1.165) is 6.07 Å². The molecule has 0 amide bonds. The smallest absolute Gasteiger partial charge is 0.401 e. The first-order chi connectivity index (χ1) is 8.21. The average molecular weight is 281 g/mol. The fourth-order valence-corrected chi connectivity index (χ4v) is 1.43. The highest BCUT2D eigenvalue weighted by Gasteiger charge is 2.42. The number of thiocarbonyl (C=S) groups is 1. The van der Waals surface area contributed by atoms with E-state index in [2.05, 4.69) is 12.2 Å². The average Bonchev–Trinajstić information content (AvgIpc) is 2.20. The first-order valence-electron chi connectivity index (χ1n) is 4.97. The number of aryl methyl sites for hydroxylation is 1. The summed E-state index contributed by atoms with van der Waals surface area (Å²) in [5.74, 6) is -3.07. The van der Waals surface area contributed by atoms with Gasteiger partial charge in [-0.05, 0) is 24.6 Å². The summed E-state index contributed by atoms with van der Waals surface area (Å²) in [4.78, 5) is -0.726. The van der Waals surface area contributed by atoms with Gasteiger partial charge in [0.25, 0.3) is 0 Å². The number of alkyl halides is 3. The number of ether oxygens (including phenoxy) is 1. The van der Waals surface area contributed by atoms with Crippen LogP contribution < -0.4 is 10.5 Å². The van der Waals surface area contributed by atoms with Gasteiger partial charge in [0.05, 0.1) is 4.99 Å². The topological polar surface area (TPSA) is 35.2 Å². The van der Waals surface area contributed by atoms with Crippen LogP contribution in [0.2, 0.25) is 0 Å². The number of hydrogen-bond acceptors (Lipinski definition) is 2. The Kier molecular flexibility index (Phi) is 4.50.